The van der Waals surface area contributed by atoms with Gasteiger partial charge in [-0.2, -0.15) is 5.26 Å². The standard InChI is InChI=1S/C12H19NO/c13-11-9-7-5-3-1-2-4-6-8-10-12-14/h7,9,12H,1-6,8,10H2/b9-7-. The summed E-state index contributed by atoms with van der Waals surface area (Å²) in [5, 5.41) is 8.22. The zero-order valence-corrected chi connectivity index (χ0v) is 8.74. The molecule has 0 unspecified atom stereocenters. The van der Waals surface area contributed by atoms with Crippen molar-refractivity contribution in [2.75, 3.05) is 0 Å². The van der Waals surface area contributed by atoms with E-state index in [4.69, 9.17) is 5.26 Å². The van der Waals surface area contributed by atoms with Gasteiger partial charge in [0, 0.05) is 12.5 Å². The second kappa shape index (κ2) is 11.9. The molecule has 0 fully saturated rings. The number of allylic oxidation sites excluding steroid dienone is 2. The first-order chi connectivity index (χ1) is 6.91. The van der Waals surface area contributed by atoms with E-state index in [0.717, 1.165) is 19.1 Å². The Balaban J connectivity index is 2.96. The Labute approximate surface area is 86.6 Å². The normalized spacial score (nSPS) is 10.2. The van der Waals surface area contributed by atoms with Crippen molar-refractivity contribution in [3.8, 4) is 6.07 Å². The van der Waals surface area contributed by atoms with Crippen molar-refractivity contribution in [3.05, 3.63) is 12.2 Å². The highest BCUT2D eigenvalue weighted by molar-refractivity contribution is 5.48. The summed E-state index contributed by atoms with van der Waals surface area (Å²) in [5.74, 6) is 0. The lowest BCUT2D eigenvalue weighted by molar-refractivity contribution is -0.107. The van der Waals surface area contributed by atoms with Gasteiger partial charge >= 0.3 is 0 Å². The lowest BCUT2D eigenvalue weighted by Gasteiger charge is -1.98. The summed E-state index contributed by atoms with van der Waals surface area (Å²) < 4.78 is 0. The van der Waals surface area contributed by atoms with Crippen LogP contribution in [0.1, 0.15) is 51.4 Å². The van der Waals surface area contributed by atoms with Crippen molar-refractivity contribution < 1.29 is 4.79 Å². The predicted octanol–water partition coefficient (Wildman–Crippen LogP) is 3.39. The molecule has 0 aromatic rings. The molecule has 0 radical (unpaired) electrons. The number of carbonyl (C=O) groups excluding carboxylic acids is 1. The predicted molar refractivity (Wildman–Crippen MR) is 57.8 cm³/mol. The van der Waals surface area contributed by atoms with E-state index >= 15 is 0 Å². The van der Waals surface area contributed by atoms with Gasteiger partial charge in [0.1, 0.15) is 6.29 Å². The molecule has 14 heavy (non-hydrogen) atoms. The van der Waals surface area contributed by atoms with E-state index in [1.54, 1.807) is 6.08 Å². The highest BCUT2D eigenvalue weighted by Crippen LogP contribution is 2.08. The summed E-state index contributed by atoms with van der Waals surface area (Å²) in [6.45, 7) is 0. The number of nitriles is 1. The van der Waals surface area contributed by atoms with Crippen LogP contribution in [0.2, 0.25) is 0 Å². The molecule has 0 aliphatic carbocycles. The first-order valence-electron chi connectivity index (χ1n) is 5.40. The molecule has 2 nitrogen and oxygen atoms in total. The molecule has 0 amide bonds. The monoisotopic (exact) mass is 193 g/mol. The third kappa shape index (κ3) is 10.9. The first kappa shape index (κ1) is 12.9. The number of rotatable bonds is 9. The molecule has 0 bridgehead atoms. The van der Waals surface area contributed by atoms with Crippen LogP contribution in [-0.2, 0) is 4.79 Å². The third-order valence-electron chi connectivity index (χ3n) is 2.14. The Morgan fingerprint density at radius 3 is 2.07 bits per heavy atom. The molecule has 0 aromatic heterocycles. The van der Waals surface area contributed by atoms with Crippen LogP contribution in [0.15, 0.2) is 12.2 Å². The van der Waals surface area contributed by atoms with Crippen LogP contribution >= 0.6 is 0 Å². The van der Waals surface area contributed by atoms with Gasteiger partial charge in [-0.3, -0.25) is 0 Å². The maximum atomic E-state index is 10.0. The van der Waals surface area contributed by atoms with Crippen LogP contribution in [0, 0.1) is 11.3 Å². The van der Waals surface area contributed by atoms with Crippen LogP contribution in [0.25, 0.3) is 0 Å². The molecule has 0 saturated carbocycles. The number of unbranched alkanes of at least 4 members (excludes halogenated alkanes) is 7. The Kier molecular flexibility index (Phi) is 11.0. The summed E-state index contributed by atoms with van der Waals surface area (Å²) in [5.41, 5.74) is 0. The average Bonchev–Trinajstić information content (AvgIpc) is 2.21. The zero-order chi connectivity index (χ0) is 10.5. The van der Waals surface area contributed by atoms with Crippen molar-refractivity contribution in [3.63, 3.8) is 0 Å². The summed E-state index contributed by atoms with van der Waals surface area (Å²) in [6, 6.07) is 1.98. The van der Waals surface area contributed by atoms with Crippen LogP contribution in [-0.4, -0.2) is 6.29 Å². The van der Waals surface area contributed by atoms with E-state index in [2.05, 4.69) is 0 Å². The van der Waals surface area contributed by atoms with Gasteiger partial charge in [0.15, 0.2) is 0 Å². The summed E-state index contributed by atoms with van der Waals surface area (Å²) >= 11 is 0. The molecule has 0 N–H and O–H groups in total. The molecule has 0 aliphatic heterocycles. The van der Waals surface area contributed by atoms with Crippen LogP contribution in [0.3, 0.4) is 0 Å². The van der Waals surface area contributed by atoms with Gasteiger partial charge in [0.25, 0.3) is 0 Å². The fourth-order valence-corrected chi connectivity index (χ4v) is 1.33. The van der Waals surface area contributed by atoms with E-state index in [1.807, 2.05) is 12.1 Å². The Bertz CT molecular complexity index is 191. The lowest BCUT2D eigenvalue weighted by atomic mass is 10.1. The average molecular weight is 193 g/mol. The van der Waals surface area contributed by atoms with Gasteiger partial charge in [-0.1, -0.05) is 31.8 Å². The second-order valence-corrected chi connectivity index (χ2v) is 3.40. The fourth-order valence-electron chi connectivity index (χ4n) is 1.33. The largest absolute Gasteiger partial charge is 0.303 e. The second-order valence-electron chi connectivity index (χ2n) is 3.40. The van der Waals surface area contributed by atoms with E-state index < -0.39 is 0 Å². The Morgan fingerprint density at radius 1 is 0.929 bits per heavy atom. The quantitative estimate of drug-likeness (QED) is 0.320. The number of aldehydes is 1. The molecule has 0 spiro atoms. The summed E-state index contributed by atoms with van der Waals surface area (Å²) in [6.07, 6.45) is 13.3. The molecule has 0 aromatic carbocycles. The smallest absolute Gasteiger partial charge is 0.119 e. The molecule has 2 heteroatoms. The van der Waals surface area contributed by atoms with Crippen molar-refractivity contribution >= 4 is 6.29 Å². The maximum Gasteiger partial charge on any atom is 0.119 e. The minimum Gasteiger partial charge on any atom is -0.303 e. The maximum absolute atomic E-state index is 10.0. The van der Waals surface area contributed by atoms with E-state index in [-0.39, 0.29) is 0 Å². The number of nitrogens with zero attached hydrogens (tertiary/aromatic N) is 1. The summed E-state index contributed by atoms with van der Waals surface area (Å²) in [4.78, 5) is 10.0. The van der Waals surface area contributed by atoms with Gasteiger partial charge in [0.2, 0.25) is 0 Å². The van der Waals surface area contributed by atoms with E-state index in [0.29, 0.717) is 6.42 Å². The fraction of sp³-hybridized carbons (Fsp3) is 0.667. The molecule has 0 aliphatic rings. The topological polar surface area (TPSA) is 40.9 Å². The van der Waals surface area contributed by atoms with Crippen molar-refractivity contribution in [2.45, 2.75) is 51.4 Å². The van der Waals surface area contributed by atoms with Crippen molar-refractivity contribution in [1.82, 2.24) is 0 Å². The van der Waals surface area contributed by atoms with Gasteiger partial charge in [0.05, 0.1) is 6.07 Å². The van der Waals surface area contributed by atoms with Gasteiger partial charge in [-0.15, -0.1) is 0 Å². The molecule has 0 atom stereocenters. The minimum atomic E-state index is 0.713. The molecule has 0 saturated heterocycles. The highest BCUT2D eigenvalue weighted by atomic mass is 16.1. The Hall–Kier alpha value is -1.10. The summed E-state index contributed by atoms with van der Waals surface area (Å²) in [7, 11) is 0. The third-order valence-corrected chi connectivity index (χ3v) is 2.14. The van der Waals surface area contributed by atoms with E-state index in [9.17, 15) is 4.79 Å². The lowest BCUT2D eigenvalue weighted by Crippen LogP contribution is -1.80. The van der Waals surface area contributed by atoms with Crippen LogP contribution in [0.4, 0.5) is 0 Å². The molecular formula is C12H19NO. The van der Waals surface area contributed by atoms with E-state index in [1.165, 1.54) is 32.1 Å². The minimum absolute atomic E-state index is 0.713. The zero-order valence-electron chi connectivity index (χ0n) is 8.74. The van der Waals surface area contributed by atoms with Crippen LogP contribution < -0.4 is 0 Å². The number of hydrogen-bond donors (Lipinski definition) is 0. The van der Waals surface area contributed by atoms with Gasteiger partial charge in [-0.05, 0) is 19.3 Å². The molecular weight excluding hydrogens is 174 g/mol. The highest BCUT2D eigenvalue weighted by Gasteiger charge is 1.89. The van der Waals surface area contributed by atoms with Crippen molar-refractivity contribution in [1.29, 1.82) is 5.26 Å². The van der Waals surface area contributed by atoms with Crippen LogP contribution in [0.5, 0.6) is 0 Å². The number of carbonyl (C=O) groups is 1. The molecule has 78 valence electrons. The Morgan fingerprint density at radius 2 is 1.50 bits per heavy atom. The molecule has 0 heterocycles. The molecule has 0 rings (SSSR count). The number of hydrogen-bond acceptors (Lipinski definition) is 2. The van der Waals surface area contributed by atoms with Gasteiger partial charge in [-0.25, -0.2) is 0 Å². The SMILES string of the molecule is N#C/C=C\CCCCCCCCC=O. The first-order valence-corrected chi connectivity index (χ1v) is 5.40. The van der Waals surface area contributed by atoms with Gasteiger partial charge < -0.3 is 4.79 Å². The van der Waals surface area contributed by atoms with Crippen molar-refractivity contribution in [2.24, 2.45) is 0 Å².